The zero-order valence-electron chi connectivity index (χ0n) is 7.38. The van der Waals surface area contributed by atoms with Crippen LogP contribution in [0.15, 0.2) is 11.8 Å². The first kappa shape index (κ1) is 10.5. The number of rotatable bonds is 5. The Morgan fingerprint density at radius 1 is 1.45 bits per heavy atom. The molecular weight excluding hydrogens is 140 g/mol. The zero-order valence-corrected chi connectivity index (χ0v) is 7.38. The molecule has 0 spiro atoms. The van der Waals surface area contributed by atoms with Crippen molar-refractivity contribution in [3.05, 3.63) is 11.8 Å². The fraction of sp³-hybridized carbons (Fsp3) is 0.778. The van der Waals surface area contributed by atoms with E-state index in [9.17, 15) is 5.11 Å². The molecule has 0 heterocycles. The molecule has 2 heteroatoms. The fourth-order valence-corrected chi connectivity index (χ4v) is 0.891. The molecule has 0 rings (SSSR count). The van der Waals surface area contributed by atoms with Gasteiger partial charge < -0.3 is 10.2 Å². The monoisotopic (exact) mass is 158 g/mol. The summed E-state index contributed by atoms with van der Waals surface area (Å²) in [4.78, 5) is 0. The van der Waals surface area contributed by atoms with Gasteiger partial charge >= 0.3 is 0 Å². The summed E-state index contributed by atoms with van der Waals surface area (Å²) >= 11 is 0. The van der Waals surface area contributed by atoms with Crippen LogP contribution in [0.1, 0.15) is 39.5 Å². The molecule has 0 aromatic rings. The molecule has 0 radical (unpaired) electrons. The van der Waals surface area contributed by atoms with Crippen LogP contribution < -0.4 is 0 Å². The summed E-state index contributed by atoms with van der Waals surface area (Å²) in [5, 5.41) is 18.4. The van der Waals surface area contributed by atoms with Gasteiger partial charge in [-0.3, -0.25) is 0 Å². The van der Waals surface area contributed by atoms with Crippen molar-refractivity contribution in [2.45, 2.75) is 45.6 Å². The molecule has 0 aliphatic heterocycles. The van der Waals surface area contributed by atoms with Gasteiger partial charge in [0.15, 0.2) is 0 Å². The summed E-state index contributed by atoms with van der Waals surface area (Å²) in [6, 6.07) is 0. The Kier molecular flexibility index (Phi) is 5.94. The second-order valence-corrected chi connectivity index (χ2v) is 2.70. The summed E-state index contributed by atoms with van der Waals surface area (Å²) in [6.07, 6.45) is 4.46. The van der Waals surface area contributed by atoms with Crippen LogP contribution in [-0.2, 0) is 0 Å². The Bertz CT molecular complexity index is 119. The average Bonchev–Trinajstić information content (AvgIpc) is 2.00. The van der Waals surface area contributed by atoms with Crippen LogP contribution >= 0.6 is 0 Å². The van der Waals surface area contributed by atoms with Gasteiger partial charge in [0.2, 0.25) is 0 Å². The van der Waals surface area contributed by atoms with E-state index in [-0.39, 0.29) is 5.76 Å². The molecule has 66 valence electrons. The normalized spacial score (nSPS) is 15.0. The molecule has 0 bridgehead atoms. The Morgan fingerprint density at radius 3 is 2.55 bits per heavy atom. The van der Waals surface area contributed by atoms with Gasteiger partial charge in [0.25, 0.3) is 0 Å². The van der Waals surface area contributed by atoms with E-state index >= 15 is 0 Å². The van der Waals surface area contributed by atoms with Crippen LogP contribution in [0.25, 0.3) is 0 Å². The molecular formula is C9H18O2. The molecule has 0 saturated heterocycles. The quantitative estimate of drug-likeness (QED) is 0.603. The van der Waals surface area contributed by atoms with Crippen molar-refractivity contribution < 1.29 is 10.2 Å². The largest absolute Gasteiger partial charge is 0.510 e. The summed E-state index contributed by atoms with van der Waals surface area (Å²) in [6.45, 7) is 4.00. The third-order valence-corrected chi connectivity index (χ3v) is 1.59. The maximum absolute atomic E-state index is 9.26. The van der Waals surface area contributed by atoms with Gasteiger partial charge in [0, 0.05) is 0 Å². The van der Waals surface area contributed by atoms with Gasteiger partial charge in [0.05, 0.1) is 0 Å². The highest BCUT2D eigenvalue weighted by atomic mass is 16.3. The summed E-state index contributed by atoms with van der Waals surface area (Å²) in [5.74, 6) is 0.126. The molecule has 0 amide bonds. The van der Waals surface area contributed by atoms with E-state index in [0.717, 1.165) is 19.3 Å². The van der Waals surface area contributed by atoms with E-state index in [2.05, 4.69) is 6.92 Å². The van der Waals surface area contributed by atoms with Crippen molar-refractivity contribution in [1.82, 2.24) is 0 Å². The molecule has 0 aliphatic carbocycles. The van der Waals surface area contributed by atoms with Crippen LogP contribution in [0.5, 0.6) is 0 Å². The maximum Gasteiger partial charge on any atom is 0.117 e. The van der Waals surface area contributed by atoms with Crippen molar-refractivity contribution in [3.8, 4) is 0 Å². The predicted molar refractivity (Wildman–Crippen MR) is 46.5 cm³/mol. The Balaban J connectivity index is 3.63. The van der Waals surface area contributed by atoms with Crippen LogP contribution in [0.3, 0.4) is 0 Å². The minimum Gasteiger partial charge on any atom is -0.510 e. The molecule has 0 aromatic carbocycles. The number of allylic oxidation sites excluding steroid dienone is 1. The highest BCUT2D eigenvalue weighted by Crippen LogP contribution is 2.07. The van der Waals surface area contributed by atoms with Gasteiger partial charge in [-0.05, 0) is 18.9 Å². The topological polar surface area (TPSA) is 40.5 Å². The van der Waals surface area contributed by atoms with E-state index in [1.165, 1.54) is 0 Å². The number of hydrogen-bond acceptors (Lipinski definition) is 2. The molecule has 0 aliphatic rings. The zero-order chi connectivity index (χ0) is 8.69. The Labute approximate surface area is 68.6 Å². The lowest BCUT2D eigenvalue weighted by molar-refractivity contribution is 0.141. The Hall–Kier alpha value is -0.500. The fourth-order valence-electron chi connectivity index (χ4n) is 0.891. The highest BCUT2D eigenvalue weighted by molar-refractivity contribution is 4.96. The number of aliphatic hydroxyl groups is 2. The lowest BCUT2D eigenvalue weighted by Crippen LogP contribution is -2.09. The summed E-state index contributed by atoms with van der Waals surface area (Å²) < 4.78 is 0. The van der Waals surface area contributed by atoms with Crippen LogP contribution in [0.4, 0.5) is 0 Å². The van der Waals surface area contributed by atoms with Crippen molar-refractivity contribution in [2.24, 2.45) is 0 Å². The molecule has 0 saturated carbocycles. The minimum atomic E-state index is -0.644. The van der Waals surface area contributed by atoms with Gasteiger partial charge in [-0.25, -0.2) is 0 Å². The van der Waals surface area contributed by atoms with Gasteiger partial charge in [0.1, 0.15) is 11.9 Å². The minimum absolute atomic E-state index is 0.126. The first-order chi connectivity index (χ1) is 5.22. The van der Waals surface area contributed by atoms with Gasteiger partial charge in [-0.1, -0.05) is 26.7 Å². The van der Waals surface area contributed by atoms with Gasteiger partial charge in [-0.15, -0.1) is 0 Å². The predicted octanol–water partition coefficient (Wildman–Crippen LogP) is 2.39. The van der Waals surface area contributed by atoms with E-state index in [0.29, 0.717) is 6.42 Å². The lowest BCUT2D eigenvalue weighted by Gasteiger charge is -2.07. The second kappa shape index (κ2) is 6.23. The van der Waals surface area contributed by atoms with E-state index in [1.54, 1.807) is 6.08 Å². The first-order valence-corrected chi connectivity index (χ1v) is 4.29. The maximum atomic E-state index is 9.26. The highest BCUT2D eigenvalue weighted by Gasteiger charge is 2.06. The molecule has 0 aromatic heterocycles. The van der Waals surface area contributed by atoms with Crippen molar-refractivity contribution in [2.75, 3.05) is 0 Å². The van der Waals surface area contributed by atoms with Crippen LogP contribution in [-0.4, -0.2) is 16.3 Å². The molecule has 1 atom stereocenters. The molecule has 2 N–H and O–H groups in total. The molecule has 0 fully saturated rings. The third-order valence-electron chi connectivity index (χ3n) is 1.59. The van der Waals surface area contributed by atoms with Crippen molar-refractivity contribution in [1.29, 1.82) is 0 Å². The molecule has 1 unspecified atom stereocenters. The number of aliphatic hydroxyl groups excluding tert-OH is 2. The van der Waals surface area contributed by atoms with E-state index < -0.39 is 6.10 Å². The molecule has 2 nitrogen and oxygen atoms in total. The summed E-state index contributed by atoms with van der Waals surface area (Å²) in [7, 11) is 0. The van der Waals surface area contributed by atoms with Crippen LogP contribution in [0.2, 0.25) is 0 Å². The SMILES string of the molecule is CCC=C(O)C(O)CCCC. The second-order valence-electron chi connectivity index (χ2n) is 2.70. The summed E-state index contributed by atoms with van der Waals surface area (Å²) in [5.41, 5.74) is 0. The van der Waals surface area contributed by atoms with Gasteiger partial charge in [-0.2, -0.15) is 0 Å². The number of unbranched alkanes of at least 4 members (excludes halogenated alkanes) is 1. The Morgan fingerprint density at radius 2 is 2.09 bits per heavy atom. The van der Waals surface area contributed by atoms with E-state index in [4.69, 9.17) is 5.11 Å². The average molecular weight is 158 g/mol. The standard InChI is InChI=1S/C9H18O2/c1-3-5-7-9(11)8(10)6-4-2/h6,9-11H,3-5,7H2,1-2H3. The van der Waals surface area contributed by atoms with Crippen molar-refractivity contribution >= 4 is 0 Å². The van der Waals surface area contributed by atoms with E-state index in [1.807, 2.05) is 6.92 Å². The molecule has 11 heavy (non-hydrogen) atoms. The smallest absolute Gasteiger partial charge is 0.117 e. The first-order valence-electron chi connectivity index (χ1n) is 4.29. The van der Waals surface area contributed by atoms with Crippen molar-refractivity contribution in [3.63, 3.8) is 0 Å². The third kappa shape index (κ3) is 4.85. The number of hydrogen-bond donors (Lipinski definition) is 2. The van der Waals surface area contributed by atoms with Crippen LogP contribution in [0, 0.1) is 0 Å². The lowest BCUT2D eigenvalue weighted by atomic mass is 10.1.